The first-order valence-electron chi connectivity index (χ1n) is 11.5. The molecule has 7 nitrogen and oxygen atoms in total. The molecule has 0 spiro atoms. The van der Waals surface area contributed by atoms with Crippen molar-refractivity contribution in [2.45, 2.75) is 44.8 Å². The Morgan fingerprint density at radius 2 is 1.76 bits per heavy atom. The second kappa shape index (κ2) is 10.9. The molecule has 0 atom stereocenters. The second-order valence-electron chi connectivity index (χ2n) is 8.75. The average Bonchev–Trinajstić information content (AvgIpc) is 3.47. The molecule has 2 amide bonds. The van der Waals surface area contributed by atoms with Crippen molar-refractivity contribution in [2.24, 2.45) is 0 Å². The van der Waals surface area contributed by atoms with Gasteiger partial charge in [-0.3, -0.25) is 19.2 Å². The minimum absolute atomic E-state index is 0.128. The Balaban J connectivity index is 1.29. The van der Waals surface area contributed by atoms with Gasteiger partial charge in [-0.2, -0.15) is 5.10 Å². The number of para-hydroxylation sites is 1. The fraction of sp³-hybridized carbons (Fsp3) is 0.346. The van der Waals surface area contributed by atoms with Crippen molar-refractivity contribution in [3.05, 3.63) is 83.7 Å². The van der Waals surface area contributed by atoms with Gasteiger partial charge in [0.05, 0.1) is 30.5 Å². The van der Waals surface area contributed by atoms with E-state index in [2.05, 4.69) is 27.9 Å². The number of nitrogens with zero attached hydrogens (tertiary/aromatic N) is 3. The molecule has 0 bridgehead atoms. The number of anilines is 1. The van der Waals surface area contributed by atoms with Crippen LogP contribution in [-0.2, 0) is 17.9 Å². The zero-order valence-electron chi connectivity index (χ0n) is 19.0. The van der Waals surface area contributed by atoms with Crippen LogP contribution in [-0.4, -0.2) is 46.1 Å². The number of nitrogens with one attached hydrogen (secondary N) is 2. The number of hydrogen-bond acceptors (Lipinski definition) is 4. The Bertz CT molecular complexity index is 1070. The molecule has 1 aromatic heterocycles. The fourth-order valence-electron chi connectivity index (χ4n) is 4.27. The van der Waals surface area contributed by atoms with E-state index in [1.165, 1.54) is 5.56 Å². The van der Waals surface area contributed by atoms with E-state index in [-0.39, 0.29) is 24.4 Å². The lowest BCUT2D eigenvalue weighted by Gasteiger charge is -2.17. The fourth-order valence-corrected chi connectivity index (χ4v) is 4.27. The van der Waals surface area contributed by atoms with Crippen LogP contribution in [0.25, 0.3) is 0 Å². The summed E-state index contributed by atoms with van der Waals surface area (Å²) < 4.78 is 1.90. The van der Waals surface area contributed by atoms with Crippen LogP contribution in [0.3, 0.4) is 0 Å². The van der Waals surface area contributed by atoms with Gasteiger partial charge in [-0.15, -0.1) is 0 Å². The minimum Gasteiger partial charge on any atom is -0.349 e. The third kappa shape index (κ3) is 6.52. The van der Waals surface area contributed by atoms with Gasteiger partial charge in [0.2, 0.25) is 5.91 Å². The van der Waals surface area contributed by atoms with E-state index in [1.807, 2.05) is 59.4 Å². The number of amides is 2. The van der Waals surface area contributed by atoms with Crippen molar-refractivity contribution in [3.8, 4) is 0 Å². The average molecular weight is 446 g/mol. The number of rotatable bonds is 9. The van der Waals surface area contributed by atoms with Gasteiger partial charge in [0.25, 0.3) is 5.91 Å². The lowest BCUT2D eigenvalue weighted by molar-refractivity contribution is -0.117. The molecule has 1 aliphatic carbocycles. The normalized spacial score (nSPS) is 13.9. The molecule has 4 rings (SSSR count). The van der Waals surface area contributed by atoms with Gasteiger partial charge in [0.1, 0.15) is 0 Å². The molecule has 1 heterocycles. The summed E-state index contributed by atoms with van der Waals surface area (Å²) in [6.45, 7) is 1.53. The predicted octanol–water partition coefficient (Wildman–Crippen LogP) is 3.67. The summed E-state index contributed by atoms with van der Waals surface area (Å²) in [5.41, 5.74) is 3.28. The molecule has 0 aliphatic heterocycles. The summed E-state index contributed by atoms with van der Waals surface area (Å²) in [6.07, 6.45) is 8.19. The molecule has 3 aromatic rings. The van der Waals surface area contributed by atoms with Crippen molar-refractivity contribution in [3.63, 3.8) is 0 Å². The van der Waals surface area contributed by atoms with E-state index < -0.39 is 0 Å². The highest BCUT2D eigenvalue weighted by Crippen LogP contribution is 2.20. The Morgan fingerprint density at radius 3 is 2.55 bits per heavy atom. The van der Waals surface area contributed by atoms with Gasteiger partial charge < -0.3 is 10.6 Å². The quantitative estimate of drug-likeness (QED) is 0.527. The van der Waals surface area contributed by atoms with Crippen LogP contribution < -0.4 is 10.6 Å². The summed E-state index contributed by atoms with van der Waals surface area (Å²) >= 11 is 0. The van der Waals surface area contributed by atoms with Crippen LogP contribution in [0.4, 0.5) is 5.69 Å². The summed E-state index contributed by atoms with van der Waals surface area (Å²) in [6, 6.07) is 17.6. The van der Waals surface area contributed by atoms with E-state index >= 15 is 0 Å². The lowest BCUT2D eigenvalue weighted by atomic mass is 10.1. The number of likely N-dealkylation sites (N-methyl/N-ethyl adjacent to an activating group) is 1. The predicted molar refractivity (Wildman–Crippen MR) is 129 cm³/mol. The van der Waals surface area contributed by atoms with Gasteiger partial charge in [-0.05, 0) is 37.6 Å². The molecule has 1 saturated carbocycles. The number of benzene rings is 2. The van der Waals surface area contributed by atoms with E-state index in [1.54, 1.807) is 12.1 Å². The monoisotopic (exact) mass is 445 g/mol. The third-order valence-corrected chi connectivity index (χ3v) is 5.88. The molecular formula is C26H31N5O2. The number of carbonyl (C=O) groups excluding carboxylic acids is 2. The van der Waals surface area contributed by atoms with Crippen molar-refractivity contribution < 1.29 is 9.59 Å². The number of carbonyl (C=O) groups is 2. The first-order chi connectivity index (χ1) is 16.1. The Hall–Kier alpha value is -3.45. The van der Waals surface area contributed by atoms with E-state index in [0.29, 0.717) is 24.3 Å². The SMILES string of the molecule is CN(CC(=O)Nc1ccccc1C(=O)NC1CCCC1)Cc1cnn(Cc2ccccc2)c1. The molecule has 172 valence electrons. The van der Waals surface area contributed by atoms with E-state index in [4.69, 9.17) is 0 Å². The van der Waals surface area contributed by atoms with Crippen molar-refractivity contribution in [2.75, 3.05) is 18.9 Å². The minimum atomic E-state index is -0.157. The van der Waals surface area contributed by atoms with Crippen molar-refractivity contribution >= 4 is 17.5 Å². The summed E-state index contributed by atoms with van der Waals surface area (Å²) in [4.78, 5) is 27.3. The van der Waals surface area contributed by atoms with Crippen LogP contribution in [0.1, 0.15) is 47.2 Å². The maximum atomic E-state index is 12.7. The van der Waals surface area contributed by atoms with Crippen molar-refractivity contribution in [1.29, 1.82) is 0 Å². The highest BCUT2D eigenvalue weighted by Gasteiger charge is 2.20. The van der Waals surface area contributed by atoms with Gasteiger partial charge >= 0.3 is 0 Å². The molecule has 2 aromatic carbocycles. The highest BCUT2D eigenvalue weighted by atomic mass is 16.2. The van der Waals surface area contributed by atoms with Crippen molar-refractivity contribution in [1.82, 2.24) is 20.0 Å². The zero-order valence-corrected chi connectivity index (χ0v) is 19.0. The maximum Gasteiger partial charge on any atom is 0.253 e. The van der Waals surface area contributed by atoms with Crippen LogP contribution in [0.5, 0.6) is 0 Å². The van der Waals surface area contributed by atoms with Gasteiger partial charge in [0, 0.05) is 24.3 Å². The maximum absolute atomic E-state index is 12.7. The Morgan fingerprint density at radius 1 is 1.03 bits per heavy atom. The molecule has 0 radical (unpaired) electrons. The van der Waals surface area contributed by atoms with Crippen LogP contribution in [0, 0.1) is 0 Å². The lowest BCUT2D eigenvalue weighted by Crippen LogP contribution is -2.34. The Labute approximate surface area is 194 Å². The van der Waals surface area contributed by atoms with Gasteiger partial charge in [-0.1, -0.05) is 55.3 Å². The second-order valence-corrected chi connectivity index (χ2v) is 8.75. The molecule has 7 heteroatoms. The first-order valence-corrected chi connectivity index (χ1v) is 11.5. The van der Waals surface area contributed by atoms with E-state index in [0.717, 1.165) is 31.2 Å². The van der Waals surface area contributed by atoms with Crippen LogP contribution in [0.15, 0.2) is 67.0 Å². The molecular weight excluding hydrogens is 414 g/mol. The zero-order chi connectivity index (χ0) is 23.0. The molecule has 0 saturated heterocycles. The van der Waals surface area contributed by atoms with Crippen LogP contribution in [0.2, 0.25) is 0 Å². The summed E-state index contributed by atoms with van der Waals surface area (Å²) in [5.74, 6) is -0.285. The van der Waals surface area contributed by atoms with Crippen LogP contribution >= 0.6 is 0 Å². The molecule has 0 unspecified atom stereocenters. The topological polar surface area (TPSA) is 79.3 Å². The molecule has 33 heavy (non-hydrogen) atoms. The van der Waals surface area contributed by atoms with Gasteiger partial charge in [-0.25, -0.2) is 0 Å². The summed E-state index contributed by atoms with van der Waals surface area (Å²) in [7, 11) is 1.90. The standard InChI is InChI=1S/C26H31N5O2/c1-30(16-21-15-27-31(18-21)17-20-9-3-2-4-10-20)19-25(32)29-24-14-8-7-13-23(24)26(33)28-22-11-5-6-12-22/h2-4,7-10,13-15,18,22H,5-6,11-12,16-17,19H2,1H3,(H,28,33)(H,29,32). The Kier molecular flexibility index (Phi) is 7.52. The number of aromatic nitrogens is 2. The first kappa shape index (κ1) is 22.7. The molecule has 1 aliphatic rings. The van der Waals surface area contributed by atoms with Gasteiger partial charge in [0.15, 0.2) is 0 Å². The van der Waals surface area contributed by atoms with E-state index in [9.17, 15) is 9.59 Å². The largest absolute Gasteiger partial charge is 0.349 e. The number of hydrogen-bond donors (Lipinski definition) is 2. The smallest absolute Gasteiger partial charge is 0.253 e. The molecule has 2 N–H and O–H groups in total. The third-order valence-electron chi connectivity index (χ3n) is 5.88. The highest BCUT2D eigenvalue weighted by molar-refractivity contribution is 6.04. The summed E-state index contributed by atoms with van der Waals surface area (Å²) in [5, 5.41) is 10.4. The molecule has 1 fully saturated rings.